The number of hydrogen-bond acceptors (Lipinski definition) is 3. The van der Waals surface area contributed by atoms with Gasteiger partial charge in [0, 0.05) is 6.54 Å². The number of nitrogens with two attached hydrogens (primary N) is 1. The molecule has 0 atom stereocenters. The summed E-state index contributed by atoms with van der Waals surface area (Å²) in [5, 5.41) is 0. The average Bonchev–Trinajstić information content (AvgIpc) is 2.51. The highest BCUT2D eigenvalue weighted by atomic mass is 15.1. The van der Waals surface area contributed by atoms with Crippen LogP contribution in [0.1, 0.15) is 59.3 Å². The minimum atomic E-state index is 0.420. The Labute approximate surface area is 126 Å². The van der Waals surface area contributed by atoms with Gasteiger partial charge in [-0.2, -0.15) is 0 Å². The fourth-order valence-electron chi connectivity index (χ4n) is 3.61. The summed E-state index contributed by atoms with van der Waals surface area (Å²) in [5.41, 5.74) is 6.55. The molecule has 0 saturated heterocycles. The first-order chi connectivity index (χ1) is 9.69. The average molecular weight is 284 g/mol. The molecule has 0 bridgehead atoms. The number of rotatable bonds is 10. The molecule has 1 rings (SSSR count). The topological polar surface area (TPSA) is 32.5 Å². The van der Waals surface area contributed by atoms with Crippen molar-refractivity contribution in [2.75, 3.05) is 45.8 Å². The molecule has 0 aromatic rings. The molecule has 1 fully saturated rings. The highest BCUT2D eigenvalue weighted by Gasteiger charge is 2.32. The van der Waals surface area contributed by atoms with Gasteiger partial charge in [-0.25, -0.2) is 0 Å². The normalized spacial score (nSPS) is 18.9. The summed E-state index contributed by atoms with van der Waals surface area (Å²) in [6.07, 6.45) is 8.15. The third kappa shape index (κ3) is 5.71. The molecule has 1 aliphatic rings. The van der Waals surface area contributed by atoms with Gasteiger partial charge in [-0.3, -0.25) is 0 Å². The highest BCUT2D eigenvalue weighted by Crippen LogP contribution is 2.36. The lowest BCUT2D eigenvalue weighted by Crippen LogP contribution is -2.44. The van der Waals surface area contributed by atoms with Gasteiger partial charge in [0.25, 0.3) is 0 Å². The van der Waals surface area contributed by atoms with E-state index < -0.39 is 0 Å². The zero-order chi connectivity index (χ0) is 14.8. The van der Waals surface area contributed by atoms with Gasteiger partial charge in [-0.15, -0.1) is 0 Å². The quantitative estimate of drug-likeness (QED) is 0.669. The Morgan fingerprint density at radius 3 is 1.90 bits per heavy atom. The van der Waals surface area contributed by atoms with Crippen molar-refractivity contribution in [2.45, 2.75) is 59.3 Å². The van der Waals surface area contributed by atoms with Crippen molar-refractivity contribution < 1.29 is 0 Å². The van der Waals surface area contributed by atoms with Crippen LogP contribution in [0.5, 0.6) is 0 Å². The second kappa shape index (κ2) is 9.75. The summed E-state index contributed by atoms with van der Waals surface area (Å²) in [5.74, 6) is 0. The minimum Gasteiger partial charge on any atom is -0.330 e. The maximum absolute atomic E-state index is 6.13. The van der Waals surface area contributed by atoms with Crippen LogP contribution in [0.25, 0.3) is 0 Å². The molecular formula is C17H37N3. The third-order valence-electron chi connectivity index (χ3n) is 5.20. The maximum Gasteiger partial charge on any atom is 0.00500 e. The SMILES string of the molecule is CCN(CC)CCCN(CC)CC1(CN)CCCCC1. The molecule has 0 amide bonds. The molecule has 2 N–H and O–H groups in total. The van der Waals surface area contributed by atoms with Gasteiger partial charge in [0.1, 0.15) is 0 Å². The van der Waals surface area contributed by atoms with Crippen LogP contribution in [0.4, 0.5) is 0 Å². The van der Waals surface area contributed by atoms with Crippen molar-refractivity contribution in [3.63, 3.8) is 0 Å². The fourth-order valence-corrected chi connectivity index (χ4v) is 3.61. The molecule has 20 heavy (non-hydrogen) atoms. The van der Waals surface area contributed by atoms with Crippen LogP contribution in [0.2, 0.25) is 0 Å². The van der Waals surface area contributed by atoms with E-state index in [1.54, 1.807) is 0 Å². The second-order valence-corrected chi connectivity index (χ2v) is 6.51. The minimum absolute atomic E-state index is 0.420. The molecule has 0 spiro atoms. The Balaban J connectivity index is 2.37. The maximum atomic E-state index is 6.13. The Morgan fingerprint density at radius 1 is 0.850 bits per heavy atom. The van der Waals surface area contributed by atoms with E-state index in [0.29, 0.717) is 5.41 Å². The fraction of sp³-hybridized carbons (Fsp3) is 1.00. The first-order valence-corrected chi connectivity index (χ1v) is 8.84. The molecule has 0 radical (unpaired) electrons. The highest BCUT2D eigenvalue weighted by molar-refractivity contribution is 4.86. The lowest BCUT2D eigenvalue weighted by molar-refractivity contribution is 0.111. The van der Waals surface area contributed by atoms with E-state index in [2.05, 4.69) is 30.6 Å². The summed E-state index contributed by atoms with van der Waals surface area (Å²) in [6, 6.07) is 0. The van der Waals surface area contributed by atoms with E-state index in [1.165, 1.54) is 77.8 Å². The van der Waals surface area contributed by atoms with Gasteiger partial charge < -0.3 is 15.5 Å². The molecule has 0 aliphatic heterocycles. The van der Waals surface area contributed by atoms with Crippen LogP contribution in [0.15, 0.2) is 0 Å². The van der Waals surface area contributed by atoms with Crippen LogP contribution in [-0.2, 0) is 0 Å². The molecule has 1 aliphatic carbocycles. The van der Waals surface area contributed by atoms with Crippen LogP contribution < -0.4 is 5.73 Å². The number of hydrogen-bond donors (Lipinski definition) is 1. The molecule has 0 heterocycles. The largest absolute Gasteiger partial charge is 0.330 e. The van der Waals surface area contributed by atoms with Crippen LogP contribution in [0.3, 0.4) is 0 Å². The monoisotopic (exact) mass is 283 g/mol. The van der Waals surface area contributed by atoms with E-state index in [-0.39, 0.29) is 0 Å². The zero-order valence-electron chi connectivity index (χ0n) is 14.2. The zero-order valence-corrected chi connectivity index (χ0v) is 14.2. The van der Waals surface area contributed by atoms with Crippen molar-refractivity contribution in [3.05, 3.63) is 0 Å². The molecule has 3 nitrogen and oxygen atoms in total. The van der Waals surface area contributed by atoms with Crippen molar-refractivity contribution >= 4 is 0 Å². The third-order valence-corrected chi connectivity index (χ3v) is 5.20. The first kappa shape index (κ1) is 17.9. The summed E-state index contributed by atoms with van der Waals surface area (Å²) in [7, 11) is 0. The molecular weight excluding hydrogens is 246 g/mol. The molecule has 0 unspecified atom stereocenters. The van der Waals surface area contributed by atoms with Gasteiger partial charge in [-0.05, 0) is 63.9 Å². The summed E-state index contributed by atoms with van der Waals surface area (Å²) in [6.45, 7) is 14.9. The van der Waals surface area contributed by atoms with E-state index >= 15 is 0 Å². The Hall–Kier alpha value is -0.120. The molecule has 0 aromatic carbocycles. The lowest BCUT2D eigenvalue weighted by Gasteiger charge is -2.40. The smallest absolute Gasteiger partial charge is 0.00500 e. The predicted molar refractivity (Wildman–Crippen MR) is 89.1 cm³/mol. The Morgan fingerprint density at radius 2 is 1.40 bits per heavy atom. The van der Waals surface area contributed by atoms with Gasteiger partial charge in [0.05, 0.1) is 0 Å². The molecule has 120 valence electrons. The van der Waals surface area contributed by atoms with Gasteiger partial charge in [0.2, 0.25) is 0 Å². The van der Waals surface area contributed by atoms with Gasteiger partial charge >= 0.3 is 0 Å². The molecule has 0 aromatic heterocycles. The van der Waals surface area contributed by atoms with Crippen molar-refractivity contribution in [1.82, 2.24) is 9.80 Å². The number of nitrogens with zero attached hydrogens (tertiary/aromatic N) is 2. The van der Waals surface area contributed by atoms with Crippen LogP contribution >= 0.6 is 0 Å². The van der Waals surface area contributed by atoms with Gasteiger partial charge in [0.15, 0.2) is 0 Å². The van der Waals surface area contributed by atoms with Gasteiger partial charge in [-0.1, -0.05) is 40.0 Å². The summed E-state index contributed by atoms with van der Waals surface area (Å²) < 4.78 is 0. The Bertz CT molecular complexity index is 232. The van der Waals surface area contributed by atoms with Crippen molar-refractivity contribution in [2.24, 2.45) is 11.1 Å². The van der Waals surface area contributed by atoms with E-state index in [4.69, 9.17) is 5.73 Å². The predicted octanol–water partition coefficient (Wildman–Crippen LogP) is 2.95. The Kier molecular flexibility index (Phi) is 8.74. The van der Waals surface area contributed by atoms with Crippen molar-refractivity contribution in [3.8, 4) is 0 Å². The van der Waals surface area contributed by atoms with E-state index in [0.717, 1.165) is 6.54 Å². The van der Waals surface area contributed by atoms with Crippen LogP contribution in [0, 0.1) is 5.41 Å². The molecule has 3 heteroatoms. The lowest BCUT2D eigenvalue weighted by atomic mass is 9.73. The van der Waals surface area contributed by atoms with Crippen molar-refractivity contribution in [1.29, 1.82) is 0 Å². The second-order valence-electron chi connectivity index (χ2n) is 6.51. The summed E-state index contributed by atoms with van der Waals surface area (Å²) in [4.78, 5) is 5.16. The molecule has 1 saturated carbocycles. The standard InChI is InChI=1S/C17H37N3/c1-4-19(5-2)13-10-14-20(6-3)16-17(15-18)11-8-7-9-12-17/h4-16,18H2,1-3H3. The first-order valence-electron chi connectivity index (χ1n) is 8.84. The van der Waals surface area contributed by atoms with E-state index in [9.17, 15) is 0 Å². The summed E-state index contributed by atoms with van der Waals surface area (Å²) >= 11 is 0. The van der Waals surface area contributed by atoms with E-state index in [1.807, 2.05) is 0 Å². The van der Waals surface area contributed by atoms with Crippen LogP contribution in [-0.4, -0.2) is 55.6 Å².